The molecule has 1 aromatic heterocycles. The van der Waals surface area contributed by atoms with Crippen LogP contribution in [-0.4, -0.2) is 21.2 Å². The molecule has 0 atom stereocenters. The van der Waals surface area contributed by atoms with Crippen LogP contribution in [0.3, 0.4) is 0 Å². The lowest BCUT2D eigenvalue weighted by Gasteiger charge is -2.24. The lowest BCUT2D eigenvalue weighted by molar-refractivity contribution is -0.638. The zero-order chi connectivity index (χ0) is 14.9. The number of anilines is 1. The van der Waals surface area contributed by atoms with Gasteiger partial charge >= 0.3 is 0 Å². The highest BCUT2D eigenvalue weighted by Gasteiger charge is 2.32. The van der Waals surface area contributed by atoms with Crippen LogP contribution in [0.1, 0.15) is 44.6 Å². The number of hydrogen-bond donors (Lipinski definition) is 1. The molecule has 2 rings (SSSR count). The van der Waals surface area contributed by atoms with E-state index < -0.39 is 10.0 Å². The number of nitrogens with zero attached hydrogens (tertiary/aromatic N) is 2. The highest BCUT2D eigenvalue weighted by Crippen LogP contribution is 2.44. The van der Waals surface area contributed by atoms with Gasteiger partial charge in [0.1, 0.15) is 5.69 Å². The molecule has 2 N–H and O–H groups in total. The fraction of sp³-hybridized carbons (Fsp3) is 0.643. The predicted octanol–water partition coefficient (Wildman–Crippen LogP) is 1.38. The quantitative estimate of drug-likeness (QED) is 0.637. The van der Waals surface area contributed by atoms with E-state index in [1.165, 1.54) is 15.2 Å². The second-order valence-electron chi connectivity index (χ2n) is 6.02. The molecule has 1 aliphatic rings. The molecule has 5 nitrogen and oxygen atoms in total. The van der Waals surface area contributed by atoms with Crippen molar-refractivity contribution in [3.05, 3.63) is 24.0 Å². The number of nitrogens with two attached hydrogens (primary N) is 1. The van der Waals surface area contributed by atoms with Crippen LogP contribution < -0.4 is 14.8 Å². The Labute approximate surface area is 121 Å². The van der Waals surface area contributed by atoms with Crippen molar-refractivity contribution in [3.8, 4) is 0 Å². The summed E-state index contributed by atoms with van der Waals surface area (Å²) in [5.41, 5.74) is 1.83. The van der Waals surface area contributed by atoms with Gasteiger partial charge in [-0.25, -0.2) is 14.3 Å². The third kappa shape index (κ3) is 3.62. The molecular formula is C14H24N3O2S+. The lowest BCUT2D eigenvalue weighted by Crippen LogP contribution is -2.45. The van der Waals surface area contributed by atoms with Crippen LogP contribution in [0.2, 0.25) is 0 Å². The fourth-order valence-electron chi connectivity index (χ4n) is 2.30. The first-order valence-electron chi connectivity index (χ1n) is 7.07. The van der Waals surface area contributed by atoms with E-state index in [-0.39, 0.29) is 0 Å². The fourth-order valence-corrected chi connectivity index (χ4v) is 3.25. The zero-order valence-corrected chi connectivity index (χ0v) is 13.2. The SMILES string of the molecule is CC(C)CCN(c1c[n+](N)ccc1C1CC1)S(C)(=O)=O. The maximum atomic E-state index is 12.1. The first kappa shape index (κ1) is 15.1. The molecule has 0 radical (unpaired) electrons. The van der Waals surface area contributed by atoms with Crippen molar-refractivity contribution in [2.45, 2.75) is 39.0 Å². The van der Waals surface area contributed by atoms with Crippen LogP contribution in [0.5, 0.6) is 0 Å². The Morgan fingerprint density at radius 3 is 2.60 bits per heavy atom. The molecule has 1 saturated carbocycles. The summed E-state index contributed by atoms with van der Waals surface area (Å²) >= 11 is 0. The molecule has 1 aliphatic carbocycles. The first-order chi connectivity index (χ1) is 9.29. The minimum Gasteiger partial charge on any atom is -0.264 e. The molecule has 1 aromatic rings. The molecule has 1 heterocycles. The Kier molecular flexibility index (Phi) is 4.22. The smallest absolute Gasteiger partial charge is 0.232 e. The van der Waals surface area contributed by atoms with Crippen molar-refractivity contribution in [1.82, 2.24) is 0 Å². The molecule has 0 saturated heterocycles. The van der Waals surface area contributed by atoms with Crippen molar-refractivity contribution in [2.24, 2.45) is 5.92 Å². The van der Waals surface area contributed by atoms with Crippen molar-refractivity contribution >= 4 is 15.7 Å². The second kappa shape index (κ2) is 5.60. The number of hydrogen-bond acceptors (Lipinski definition) is 3. The highest BCUT2D eigenvalue weighted by molar-refractivity contribution is 7.92. The molecule has 0 spiro atoms. The van der Waals surface area contributed by atoms with Gasteiger partial charge in [0.15, 0.2) is 6.20 Å². The third-order valence-corrected chi connectivity index (χ3v) is 4.77. The Morgan fingerprint density at radius 2 is 2.10 bits per heavy atom. The van der Waals surface area contributed by atoms with Crippen LogP contribution in [0, 0.1) is 5.92 Å². The van der Waals surface area contributed by atoms with E-state index in [4.69, 9.17) is 5.84 Å². The van der Waals surface area contributed by atoms with Gasteiger partial charge in [0.25, 0.3) is 0 Å². The average molecular weight is 298 g/mol. The minimum atomic E-state index is -3.29. The normalized spacial score (nSPS) is 15.6. The van der Waals surface area contributed by atoms with Gasteiger partial charge in [-0.3, -0.25) is 4.31 Å². The van der Waals surface area contributed by atoms with E-state index >= 15 is 0 Å². The molecule has 112 valence electrons. The Morgan fingerprint density at radius 1 is 1.45 bits per heavy atom. The summed E-state index contributed by atoms with van der Waals surface area (Å²) in [6, 6.07) is 1.94. The molecule has 0 unspecified atom stereocenters. The van der Waals surface area contributed by atoms with Gasteiger partial charge in [0.05, 0.1) is 6.26 Å². The molecule has 0 amide bonds. The molecule has 20 heavy (non-hydrogen) atoms. The van der Waals surface area contributed by atoms with Crippen LogP contribution in [0.25, 0.3) is 0 Å². The lowest BCUT2D eigenvalue weighted by atomic mass is 10.1. The summed E-state index contributed by atoms with van der Waals surface area (Å²) < 4.78 is 27.2. The Hall–Kier alpha value is -1.30. The van der Waals surface area contributed by atoms with E-state index in [1.807, 2.05) is 6.07 Å². The maximum Gasteiger partial charge on any atom is 0.232 e. The van der Waals surface area contributed by atoms with Gasteiger partial charge in [0.2, 0.25) is 16.2 Å². The molecule has 0 aliphatic heterocycles. The predicted molar refractivity (Wildman–Crippen MR) is 80.4 cm³/mol. The third-order valence-electron chi connectivity index (χ3n) is 3.59. The van der Waals surface area contributed by atoms with Gasteiger partial charge in [0, 0.05) is 12.6 Å². The summed E-state index contributed by atoms with van der Waals surface area (Å²) in [7, 11) is -3.29. The Bertz CT molecular complexity index is 580. The van der Waals surface area contributed by atoms with Crippen molar-refractivity contribution < 1.29 is 13.1 Å². The second-order valence-corrected chi connectivity index (χ2v) is 7.93. The van der Waals surface area contributed by atoms with Crippen LogP contribution in [0.4, 0.5) is 5.69 Å². The van der Waals surface area contributed by atoms with Crippen LogP contribution in [0.15, 0.2) is 18.5 Å². The average Bonchev–Trinajstić information content (AvgIpc) is 3.11. The Balaban J connectivity index is 2.39. The summed E-state index contributed by atoms with van der Waals surface area (Å²) in [4.78, 5) is 0. The number of pyridine rings is 1. The molecular weight excluding hydrogens is 274 g/mol. The first-order valence-corrected chi connectivity index (χ1v) is 8.92. The number of sulfonamides is 1. The van der Waals surface area contributed by atoms with Gasteiger partial charge in [-0.2, -0.15) is 0 Å². The van der Waals surface area contributed by atoms with Crippen molar-refractivity contribution in [1.29, 1.82) is 0 Å². The summed E-state index contributed by atoms with van der Waals surface area (Å²) in [5.74, 6) is 6.72. The van der Waals surface area contributed by atoms with E-state index in [0.29, 0.717) is 18.4 Å². The molecule has 1 fully saturated rings. The van der Waals surface area contributed by atoms with Crippen molar-refractivity contribution in [3.63, 3.8) is 0 Å². The maximum absolute atomic E-state index is 12.1. The monoisotopic (exact) mass is 298 g/mol. The molecule has 0 aromatic carbocycles. The van der Waals surface area contributed by atoms with Gasteiger partial charge in [-0.05, 0) is 36.7 Å². The summed E-state index contributed by atoms with van der Waals surface area (Å²) in [6.07, 6.45) is 7.84. The van der Waals surface area contributed by atoms with E-state index in [9.17, 15) is 8.42 Å². The number of aromatic nitrogens is 1. The summed E-state index contributed by atoms with van der Waals surface area (Å²) in [5, 5.41) is 0. The van der Waals surface area contributed by atoms with Crippen LogP contribution in [-0.2, 0) is 10.0 Å². The van der Waals surface area contributed by atoms with E-state index in [0.717, 1.165) is 30.5 Å². The largest absolute Gasteiger partial charge is 0.264 e. The van der Waals surface area contributed by atoms with Crippen molar-refractivity contribution in [2.75, 3.05) is 22.9 Å². The zero-order valence-electron chi connectivity index (χ0n) is 12.4. The number of rotatable bonds is 6. The minimum absolute atomic E-state index is 0.456. The van der Waals surface area contributed by atoms with E-state index in [2.05, 4.69) is 13.8 Å². The van der Waals surface area contributed by atoms with Gasteiger partial charge < -0.3 is 0 Å². The molecule has 0 bridgehead atoms. The standard InChI is InChI=1S/C14H24N3O2S/c1-11(2)6-9-17(20(3,18)19)14-10-16(15)8-7-13(14)12-4-5-12/h7-8,10-12H,4-6,9,15H2,1-3H3/q+1. The highest BCUT2D eigenvalue weighted by atomic mass is 32.2. The van der Waals surface area contributed by atoms with Gasteiger partial charge in [-0.1, -0.05) is 18.5 Å². The topological polar surface area (TPSA) is 67.3 Å². The van der Waals surface area contributed by atoms with Gasteiger partial charge in [-0.15, -0.1) is 0 Å². The van der Waals surface area contributed by atoms with E-state index in [1.54, 1.807) is 12.4 Å². The number of nitrogen functional groups attached to an aromatic ring is 1. The van der Waals surface area contributed by atoms with Crippen LogP contribution >= 0.6 is 0 Å². The molecule has 6 heteroatoms. The summed E-state index contributed by atoms with van der Waals surface area (Å²) in [6.45, 7) is 4.69.